The Labute approximate surface area is 184 Å². The molecule has 0 radical (unpaired) electrons. The summed E-state index contributed by atoms with van der Waals surface area (Å²) in [6.07, 6.45) is 1.05. The standard InChI is InChI=1S/C21H20ClFN2O3S2/c1-28-15-3-5-16(6-4-15)30(26,27)17-8-10-25(11-9-17)21-24-20(13-29-21)14-2-7-18(22)19(23)12-14/h2-7,12-13,17H,8-11H2,1H3. The maximum absolute atomic E-state index is 13.7. The summed E-state index contributed by atoms with van der Waals surface area (Å²) in [6.45, 7) is 1.20. The van der Waals surface area contributed by atoms with E-state index in [-0.39, 0.29) is 5.02 Å². The summed E-state index contributed by atoms with van der Waals surface area (Å²) < 4.78 is 44.8. The average Bonchev–Trinajstić information content (AvgIpc) is 3.26. The van der Waals surface area contributed by atoms with Gasteiger partial charge in [-0.25, -0.2) is 17.8 Å². The predicted octanol–water partition coefficient (Wildman–Crippen LogP) is 5.05. The van der Waals surface area contributed by atoms with Crippen molar-refractivity contribution in [1.29, 1.82) is 0 Å². The molecule has 1 aromatic heterocycles. The zero-order valence-electron chi connectivity index (χ0n) is 16.2. The lowest BCUT2D eigenvalue weighted by molar-refractivity contribution is 0.414. The molecule has 0 bridgehead atoms. The highest BCUT2D eigenvalue weighted by Crippen LogP contribution is 2.32. The van der Waals surface area contributed by atoms with E-state index in [1.165, 1.54) is 23.5 Å². The maximum Gasteiger partial charge on any atom is 0.185 e. The van der Waals surface area contributed by atoms with Crippen LogP contribution in [-0.2, 0) is 9.84 Å². The lowest BCUT2D eigenvalue weighted by Crippen LogP contribution is -2.39. The molecule has 1 saturated heterocycles. The highest BCUT2D eigenvalue weighted by atomic mass is 35.5. The van der Waals surface area contributed by atoms with E-state index >= 15 is 0 Å². The molecule has 0 amide bonds. The summed E-state index contributed by atoms with van der Waals surface area (Å²) in [7, 11) is -1.84. The van der Waals surface area contributed by atoms with Gasteiger partial charge in [-0.15, -0.1) is 11.3 Å². The molecule has 4 rings (SSSR count). The van der Waals surface area contributed by atoms with E-state index in [2.05, 4.69) is 9.88 Å². The Morgan fingerprint density at radius 2 is 1.87 bits per heavy atom. The fourth-order valence-corrected chi connectivity index (χ4v) is 6.25. The summed E-state index contributed by atoms with van der Waals surface area (Å²) in [5.74, 6) is 0.150. The van der Waals surface area contributed by atoms with Gasteiger partial charge in [0.15, 0.2) is 15.0 Å². The monoisotopic (exact) mass is 466 g/mol. The van der Waals surface area contributed by atoms with Crippen LogP contribution in [0.2, 0.25) is 5.02 Å². The van der Waals surface area contributed by atoms with Crippen molar-refractivity contribution in [2.45, 2.75) is 23.0 Å². The summed E-state index contributed by atoms with van der Waals surface area (Å²) in [4.78, 5) is 7.02. The van der Waals surface area contributed by atoms with Crippen LogP contribution in [0.15, 0.2) is 52.7 Å². The van der Waals surface area contributed by atoms with Crippen molar-refractivity contribution >= 4 is 37.9 Å². The van der Waals surface area contributed by atoms with Crippen molar-refractivity contribution < 1.29 is 17.5 Å². The highest BCUT2D eigenvalue weighted by molar-refractivity contribution is 7.92. The molecule has 1 aliphatic heterocycles. The number of methoxy groups -OCH3 is 1. The molecule has 1 aliphatic rings. The molecule has 0 atom stereocenters. The molecule has 1 fully saturated rings. The quantitative estimate of drug-likeness (QED) is 0.526. The Bertz CT molecular complexity index is 1140. The summed E-state index contributed by atoms with van der Waals surface area (Å²) in [6, 6.07) is 11.1. The Morgan fingerprint density at radius 3 is 2.50 bits per heavy atom. The van der Waals surface area contributed by atoms with Crippen molar-refractivity contribution in [3.8, 4) is 17.0 Å². The van der Waals surface area contributed by atoms with Crippen molar-refractivity contribution in [1.82, 2.24) is 4.98 Å². The molecular formula is C21H20ClFN2O3S2. The lowest BCUT2D eigenvalue weighted by atomic mass is 10.1. The Morgan fingerprint density at radius 1 is 1.17 bits per heavy atom. The van der Waals surface area contributed by atoms with Gasteiger partial charge >= 0.3 is 0 Å². The SMILES string of the molecule is COc1ccc(S(=O)(=O)C2CCN(c3nc(-c4ccc(Cl)c(F)c4)cs3)CC2)cc1. The van der Waals surface area contributed by atoms with Crippen LogP contribution in [0.25, 0.3) is 11.3 Å². The Kier molecular flexibility index (Phi) is 5.99. The molecular weight excluding hydrogens is 447 g/mol. The van der Waals surface area contributed by atoms with Gasteiger partial charge in [0.2, 0.25) is 0 Å². The molecule has 158 valence electrons. The van der Waals surface area contributed by atoms with E-state index in [1.54, 1.807) is 37.4 Å². The van der Waals surface area contributed by atoms with Gasteiger partial charge in [0.25, 0.3) is 0 Å². The zero-order valence-corrected chi connectivity index (χ0v) is 18.6. The number of piperidine rings is 1. The number of nitrogens with zero attached hydrogens (tertiary/aromatic N) is 2. The number of rotatable bonds is 5. The molecule has 3 aromatic rings. The number of thiazole rings is 1. The first-order chi connectivity index (χ1) is 14.4. The molecule has 0 unspecified atom stereocenters. The second-order valence-corrected chi connectivity index (χ2v) is 10.5. The van der Waals surface area contributed by atoms with Crippen LogP contribution in [-0.4, -0.2) is 38.9 Å². The third-order valence-electron chi connectivity index (χ3n) is 5.25. The van der Waals surface area contributed by atoms with Crippen LogP contribution in [0.5, 0.6) is 5.75 Å². The maximum atomic E-state index is 13.7. The molecule has 2 heterocycles. The minimum Gasteiger partial charge on any atom is -0.497 e. The normalized spacial score (nSPS) is 15.4. The minimum absolute atomic E-state index is 0.0781. The molecule has 2 aromatic carbocycles. The van der Waals surface area contributed by atoms with Crippen LogP contribution in [0.3, 0.4) is 0 Å². The first-order valence-corrected chi connectivity index (χ1v) is 12.2. The summed E-state index contributed by atoms with van der Waals surface area (Å²) in [5.41, 5.74) is 1.34. The van der Waals surface area contributed by atoms with Crippen molar-refractivity contribution in [3.63, 3.8) is 0 Å². The van der Waals surface area contributed by atoms with Gasteiger partial charge < -0.3 is 9.64 Å². The third-order valence-corrected chi connectivity index (χ3v) is 8.73. The van der Waals surface area contributed by atoms with Crippen LogP contribution in [0, 0.1) is 5.82 Å². The van der Waals surface area contributed by atoms with E-state index < -0.39 is 20.9 Å². The molecule has 0 N–H and O–H groups in total. The number of sulfone groups is 1. The number of hydrogen-bond acceptors (Lipinski definition) is 6. The van der Waals surface area contributed by atoms with Crippen LogP contribution in [0.1, 0.15) is 12.8 Å². The van der Waals surface area contributed by atoms with Gasteiger partial charge in [0.1, 0.15) is 11.6 Å². The van der Waals surface area contributed by atoms with Gasteiger partial charge in [-0.3, -0.25) is 0 Å². The smallest absolute Gasteiger partial charge is 0.185 e. The van der Waals surface area contributed by atoms with Gasteiger partial charge in [-0.2, -0.15) is 0 Å². The molecule has 30 heavy (non-hydrogen) atoms. The van der Waals surface area contributed by atoms with Gasteiger partial charge in [0.05, 0.1) is 28.0 Å². The second kappa shape index (κ2) is 8.53. The van der Waals surface area contributed by atoms with Crippen LogP contribution < -0.4 is 9.64 Å². The van der Waals surface area contributed by atoms with Crippen LogP contribution in [0.4, 0.5) is 9.52 Å². The van der Waals surface area contributed by atoms with Crippen LogP contribution >= 0.6 is 22.9 Å². The molecule has 9 heteroatoms. The topological polar surface area (TPSA) is 59.5 Å². The largest absolute Gasteiger partial charge is 0.497 e. The van der Waals surface area contributed by atoms with Crippen molar-refractivity contribution in [2.75, 3.05) is 25.1 Å². The molecule has 0 aliphatic carbocycles. The fraction of sp³-hybridized carbons (Fsp3) is 0.286. The first-order valence-electron chi connectivity index (χ1n) is 9.42. The van der Waals surface area contributed by atoms with E-state index in [0.717, 1.165) is 5.13 Å². The highest BCUT2D eigenvalue weighted by Gasteiger charge is 2.32. The summed E-state index contributed by atoms with van der Waals surface area (Å²) >= 11 is 7.21. The average molecular weight is 467 g/mol. The second-order valence-electron chi connectivity index (χ2n) is 7.05. The number of aromatic nitrogens is 1. The van der Waals surface area contributed by atoms with Crippen molar-refractivity contribution in [2.24, 2.45) is 0 Å². The zero-order chi connectivity index (χ0) is 21.3. The Balaban J connectivity index is 1.44. The van der Waals surface area contributed by atoms with E-state index in [4.69, 9.17) is 16.3 Å². The number of hydrogen-bond donors (Lipinski definition) is 0. The van der Waals surface area contributed by atoms with E-state index in [1.807, 2.05) is 5.38 Å². The van der Waals surface area contributed by atoms with E-state index in [0.29, 0.717) is 47.8 Å². The minimum atomic E-state index is -3.39. The van der Waals surface area contributed by atoms with Gasteiger partial charge in [-0.05, 0) is 49.2 Å². The number of anilines is 1. The third kappa shape index (κ3) is 4.17. The van der Waals surface area contributed by atoms with Gasteiger partial charge in [-0.1, -0.05) is 17.7 Å². The van der Waals surface area contributed by atoms with E-state index in [9.17, 15) is 12.8 Å². The molecule has 5 nitrogen and oxygen atoms in total. The van der Waals surface area contributed by atoms with Crippen molar-refractivity contribution in [3.05, 3.63) is 58.7 Å². The first kappa shape index (κ1) is 21.1. The van der Waals surface area contributed by atoms with Gasteiger partial charge in [0, 0.05) is 24.0 Å². The predicted molar refractivity (Wildman–Crippen MR) is 118 cm³/mol. The Hall–Kier alpha value is -2.16. The number of benzene rings is 2. The lowest BCUT2D eigenvalue weighted by Gasteiger charge is -2.31. The number of ether oxygens (including phenoxy) is 1. The number of halogens is 2. The molecule has 0 spiro atoms. The summed E-state index contributed by atoms with van der Waals surface area (Å²) in [5, 5.41) is 2.33. The molecule has 0 saturated carbocycles. The fourth-order valence-electron chi connectivity index (χ4n) is 3.51.